The van der Waals surface area contributed by atoms with E-state index < -0.39 is 28.4 Å². The molecule has 0 amide bonds. The number of nitriles is 1. The van der Waals surface area contributed by atoms with Gasteiger partial charge < -0.3 is 0 Å². The molecule has 78 valence electrons. The fraction of sp³-hybridized carbons (Fsp3) is 0.143. The van der Waals surface area contributed by atoms with Gasteiger partial charge in [0.2, 0.25) is 5.69 Å². The van der Waals surface area contributed by atoms with Crippen LogP contribution in [0.25, 0.3) is 0 Å². The minimum absolute atomic E-state index is 0.191. The van der Waals surface area contributed by atoms with E-state index in [9.17, 15) is 18.9 Å². The summed E-state index contributed by atoms with van der Waals surface area (Å²) < 4.78 is 24.4. The number of halogens is 3. The van der Waals surface area contributed by atoms with Crippen LogP contribution in [0, 0.1) is 21.4 Å². The van der Waals surface area contributed by atoms with E-state index >= 15 is 0 Å². The third-order valence-corrected chi connectivity index (χ3v) is 2.13. The molecule has 0 aliphatic rings. The average molecular weight is 278 g/mol. The lowest BCUT2D eigenvalue weighted by atomic mass is 10.2. The molecule has 8 heteroatoms. The summed E-state index contributed by atoms with van der Waals surface area (Å²) in [5, 5.41) is 18.9. The molecule has 0 saturated heterocycles. The SMILES string of the molecule is N#Cc1nc(C(F)F)c(Br)cc1[N+](=O)[O-]. The van der Waals surface area contributed by atoms with Crippen molar-refractivity contribution in [2.24, 2.45) is 0 Å². The maximum Gasteiger partial charge on any atom is 0.306 e. The van der Waals surface area contributed by atoms with Crippen LogP contribution in [0.15, 0.2) is 10.5 Å². The molecule has 1 aromatic rings. The topological polar surface area (TPSA) is 79.8 Å². The standard InChI is InChI=1S/C7H2BrF2N3O2/c8-3-1-5(13(14)15)4(2-11)12-6(3)7(9)10/h1,7H. The van der Waals surface area contributed by atoms with Crippen molar-refractivity contribution in [3.63, 3.8) is 0 Å². The van der Waals surface area contributed by atoms with Crippen LogP contribution in [-0.2, 0) is 0 Å². The van der Waals surface area contributed by atoms with Crippen molar-refractivity contribution in [2.45, 2.75) is 6.43 Å². The molecule has 1 aromatic heterocycles. The normalized spacial score (nSPS) is 10.1. The van der Waals surface area contributed by atoms with Gasteiger partial charge in [-0.05, 0) is 15.9 Å². The van der Waals surface area contributed by atoms with Gasteiger partial charge in [-0.15, -0.1) is 0 Å². The molecule has 15 heavy (non-hydrogen) atoms. The fourth-order valence-corrected chi connectivity index (χ4v) is 1.35. The summed E-state index contributed by atoms with van der Waals surface area (Å²) >= 11 is 2.72. The van der Waals surface area contributed by atoms with Crippen LogP contribution >= 0.6 is 15.9 Å². The van der Waals surface area contributed by atoms with Crippen LogP contribution in [-0.4, -0.2) is 9.91 Å². The number of nitrogens with zero attached hydrogens (tertiary/aromatic N) is 3. The second kappa shape index (κ2) is 4.27. The second-order valence-corrected chi connectivity index (χ2v) is 3.25. The molecule has 5 nitrogen and oxygen atoms in total. The lowest BCUT2D eigenvalue weighted by molar-refractivity contribution is -0.385. The molecule has 0 N–H and O–H groups in total. The van der Waals surface area contributed by atoms with Crippen molar-refractivity contribution < 1.29 is 13.7 Å². The summed E-state index contributed by atoms with van der Waals surface area (Å²) in [4.78, 5) is 12.8. The first kappa shape index (κ1) is 11.5. The maximum absolute atomic E-state index is 12.3. The molecule has 0 unspecified atom stereocenters. The van der Waals surface area contributed by atoms with Crippen LogP contribution in [0.2, 0.25) is 0 Å². The number of alkyl halides is 2. The third kappa shape index (κ3) is 2.24. The predicted molar refractivity (Wildman–Crippen MR) is 48.3 cm³/mol. The highest BCUT2D eigenvalue weighted by Gasteiger charge is 2.22. The third-order valence-electron chi connectivity index (χ3n) is 1.49. The van der Waals surface area contributed by atoms with E-state index in [0.29, 0.717) is 0 Å². The Morgan fingerprint density at radius 1 is 1.67 bits per heavy atom. The molecule has 0 saturated carbocycles. The molecule has 0 aliphatic carbocycles. The Balaban J connectivity index is 3.44. The van der Waals surface area contributed by atoms with Crippen LogP contribution in [0.3, 0.4) is 0 Å². The summed E-state index contributed by atoms with van der Waals surface area (Å²) in [7, 11) is 0. The minimum atomic E-state index is -2.90. The summed E-state index contributed by atoms with van der Waals surface area (Å²) in [5.74, 6) is 0. The van der Waals surface area contributed by atoms with Gasteiger partial charge in [-0.2, -0.15) is 5.26 Å². The molecule has 1 heterocycles. The van der Waals surface area contributed by atoms with E-state index in [-0.39, 0.29) is 4.47 Å². The van der Waals surface area contributed by atoms with Crippen molar-refractivity contribution in [3.05, 3.63) is 32.0 Å². The molecule has 1 rings (SSSR count). The highest BCUT2D eigenvalue weighted by Crippen LogP contribution is 2.30. The van der Waals surface area contributed by atoms with Gasteiger partial charge in [0, 0.05) is 6.07 Å². The molecule has 0 aliphatic heterocycles. The van der Waals surface area contributed by atoms with Crippen LogP contribution < -0.4 is 0 Å². The quantitative estimate of drug-likeness (QED) is 0.615. The monoisotopic (exact) mass is 277 g/mol. The number of aromatic nitrogens is 1. The smallest absolute Gasteiger partial charge is 0.258 e. The van der Waals surface area contributed by atoms with E-state index in [1.54, 1.807) is 0 Å². The minimum Gasteiger partial charge on any atom is -0.258 e. The largest absolute Gasteiger partial charge is 0.306 e. The van der Waals surface area contributed by atoms with Gasteiger partial charge in [0.15, 0.2) is 0 Å². The Bertz CT molecular complexity index is 458. The zero-order valence-electron chi connectivity index (χ0n) is 6.95. The summed E-state index contributed by atoms with van der Waals surface area (Å²) in [5.41, 5.74) is -1.91. The Morgan fingerprint density at radius 2 is 2.27 bits per heavy atom. The van der Waals surface area contributed by atoms with Crippen LogP contribution in [0.1, 0.15) is 17.8 Å². The number of hydrogen-bond acceptors (Lipinski definition) is 4. The van der Waals surface area contributed by atoms with Gasteiger partial charge >= 0.3 is 5.69 Å². The van der Waals surface area contributed by atoms with Crippen molar-refractivity contribution in [2.75, 3.05) is 0 Å². The van der Waals surface area contributed by atoms with E-state index in [2.05, 4.69) is 20.9 Å². The molecule has 0 radical (unpaired) electrons. The first-order valence-electron chi connectivity index (χ1n) is 3.50. The summed E-state index contributed by atoms with van der Waals surface area (Å²) in [6.45, 7) is 0. The predicted octanol–water partition coefficient (Wildman–Crippen LogP) is 2.56. The van der Waals surface area contributed by atoms with Gasteiger partial charge in [0.1, 0.15) is 11.8 Å². The summed E-state index contributed by atoms with van der Waals surface area (Å²) in [6, 6.07) is 2.23. The zero-order chi connectivity index (χ0) is 11.6. The number of nitro groups is 1. The number of hydrogen-bond donors (Lipinski definition) is 0. The van der Waals surface area contributed by atoms with Crippen molar-refractivity contribution in [1.82, 2.24) is 4.98 Å². The molecule has 0 atom stereocenters. The van der Waals surface area contributed by atoms with Crippen molar-refractivity contribution in [1.29, 1.82) is 5.26 Å². The molecule has 0 fully saturated rings. The molecule has 0 aromatic carbocycles. The van der Waals surface area contributed by atoms with E-state index in [0.717, 1.165) is 6.07 Å². The van der Waals surface area contributed by atoms with Crippen molar-refractivity contribution in [3.8, 4) is 6.07 Å². The number of pyridine rings is 1. The number of rotatable bonds is 2. The van der Waals surface area contributed by atoms with Crippen LogP contribution in [0.4, 0.5) is 14.5 Å². The van der Waals surface area contributed by atoms with Gasteiger partial charge in [-0.25, -0.2) is 13.8 Å². The highest BCUT2D eigenvalue weighted by molar-refractivity contribution is 9.10. The van der Waals surface area contributed by atoms with Crippen LogP contribution in [0.5, 0.6) is 0 Å². The van der Waals surface area contributed by atoms with E-state index in [1.807, 2.05) is 0 Å². The molecule has 0 spiro atoms. The van der Waals surface area contributed by atoms with Crippen molar-refractivity contribution >= 4 is 21.6 Å². The lowest BCUT2D eigenvalue weighted by Crippen LogP contribution is -2.00. The maximum atomic E-state index is 12.3. The average Bonchev–Trinajstić information content (AvgIpc) is 2.16. The second-order valence-electron chi connectivity index (χ2n) is 2.39. The van der Waals surface area contributed by atoms with Gasteiger partial charge in [0.05, 0.1) is 9.40 Å². The lowest BCUT2D eigenvalue weighted by Gasteiger charge is -2.02. The van der Waals surface area contributed by atoms with E-state index in [1.165, 1.54) is 6.07 Å². The molecular weight excluding hydrogens is 276 g/mol. The highest BCUT2D eigenvalue weighted by atomic mass is 79.9. The molecule has 0 bridgehead atoms. The Kier molecular flexibility index (Phi) is 3.26. The summed E-state index contributed by atoms with van der Waals surface area (Å²) in [6.07, 6.45) is -2.90. The first-order chi connectivity index (χ1) is 6.97. The van der Waals surface area contributed by atoms with Gasteiger partial charge in [-0.1, -0.05) is 0 Å². The van der Waals surface area contributed by atoms with E-state index in [4.69, 9.17) is 5.26 Å². The Labute approximate surface area is 90.6 Å². The first-order valence-corrected chi connectivity index (χ1v) is 4.29. The Hall–Kier alpha value is -1.62. The fourth-order valence-electron chi connectivity index (χ4n) is 0.868. The zero-order valence-corrected chi connectivity index (χ0v) is 8.53. The Morgan fingerprint density at radius 3 is 2.67 bits per heavy atom. The van der Waals surface area contributed by atoms with Gasteiger partial charge in [-0.3, -0.25) is 10.1 Å². The molecular formula is C7H2BrF2N3O2. The van der Waals surface area contributed by atoms with Gasteiger partial charge in [0.25, 0.3) is 6.43 Å².